The van der Waals surface area contributed by atoms with Crippen LogP contribution in [0.1, 0.15) is 52.4 Å². The van der Waals surface area contributed by atoms with Crippen LogP contribution in [-0.2, 0) is 14.3 Å². The monoisotopic (exact) mass is 350 g/mol. The molecule has 1 spiro atoms. The quantitative estimate of drug-likeness (QED) is 0.617. The predicted molar refractivity (Wildman–Crippen MR) is 85.3 cm³/mol. The largest absolute Gasteiger partial charge is 0.481 e. The highest BCUT2D eigenvalue weighted by Crippen LogP contribution is 2.78. The summed E-state index contributed by atoms with van der Waals surface area (Å²) in [7, 11) is 0. The average molecular weight is 350 g/mol. The van der Waals surface area contributed by atoms with E-state index in [1.807, 2.05) is 6.92 Å². The molecule has 4 aliphatic carbocycles. The Balaban J connectivity index is 1.75. The van der Waals surface area contributed by atoms with Gasteiger partial charge in [-0.15, -0.1) is 0 Å². The lowest BCUT2D eigenvalue weighted by Gasteiger charge is -2.46. The van der Waals surface area contributed by atoms with Crippen molar-refractivity contribution in [3.8, 4) is 0 Å². The molecule has 5 rings (SSSR count). The third-order valence-corrected chi connectivity index (χ3v) is 9.00. The molecule has 1 saturated heterocycles. The number of aliphatic carboxylic acids is 1. The smallest absolute Gasteiger partial charge is 0.315 e. The normalized spacial score (nSPS) is 61.6. The lowest BCUT2D eigenvalue weighted by Crippen LogP contribution is -2.53. The number of hydrogen-bond donors (Lipinski definition) is 3. The van der Waals surface area contributed by atoms with Crippen molar-refractivity contribution in [3.05, 3.63) is 0 Å². The molecule has 0 radical (unpaired) electrons. The van der Waals surface area contributed by atoms with Crippen molar-refractivity contribution in [2.75, 3.05) is 0 Å². The summed E-state index contributed by atoms with van der Waals surface area (Å²) < 4.78 is 5.99. The summed E-state index contributed by atoms with van der Waals surface area (Å²) in [5, 5.41) is 31.9. The minimum atomic E-state index is -1.16. The fraction of sp³-hybridized carbons (Fsp3) is 0.895. The van der Waals surface area contributed by atoms with Gasteiger partial charge in [0.15, 0.2) is 0 Å². The summed E-state index contributed by atoms with van der Waals surface area (Å²) in [6, 6.07) is 0. The molecule has 25 heavy (non-hydrogen) atoms. The maximum atomic E-state index is 12.7. The van der Waals surface area contributed by atoms with Crippen LogP contribution in [-0.4, -0.2) is 44.6 Å². The first kappa shape index (κ1) is 16.1. The van der Waals surface area contributed by atoms with E-state index in [1.165, 1.54) is 0 Å². The molecule has 3 N–H and O–H groups in total. The van der Waals surface area contributed by atoms with Crippen LogP contribution in [0.3, 0.4) is 0 Å². The van der Waals surface area contributed by atoms with E-state index in [2.05, 4.69) is 0 Å². The van der Waals surface area contributed by atoms with E-state index >= 15 is 0 Å². The van der Waals surface area contributed by atoms with Gasteiger partial charge in [0.05, 0.1) is 23.0 Å². The zero-order chi connectivity index (χ0) is 18.0. The zero-order valence-electron chi connectivity index (χ0n) is 14.7. The SMILES string of the molecule is C[C@H]1C[C@]23CC1(O)CCC2[C@]12CC[C@H](O)[C@](C)(C(=O)O1)[C@H]2[C@@H]3C(=O)O. The standard InChI is InChI=1S/C19H26O6/c1-9-7-17-8-18(9,24)5-3-10(17)19-6-4-11(20)16(2,15(23)25-19)13(19)12(17)14(21)22/h9-13,20,24H,3-8H2,1-2H3,(H,21,22)/t9-,10?,11-,12+,13+,16-,17-,18?,19-/m0/s1. The molecule has 4 bridgehead atoms. The summed E-state index contributed by atoms with van der Waals surface area (Å²) in [4.78, 5) is 25.2. The van der Waals surface area contributed by atoms with Gasteiger partial charge in [0, 0.05) is 11.8 Å². The number of hydrogen-bond acceptors (Lipinski definition) is 5. The number of aliphatic hydroxyl groups excluding tert-OH is 1. The number of carboxylic acid groups (broad SMARTS) is 1. The molecular formula is C19H26O6. The minimum absolute atomic E-state index is 0.0328. The van der Waals surface area contributed by atoms with Crippen LogP contribution in [0.2, 0.25) is 0 Å². The van der Waals surface area contributed by atoms with Crippen LogP contribution in [0, 0.1) is 34.5 Å². The first-order chi connectivity index (χ1) is 11.6. The molecule has 1 heterocycles. The van der Waals surface area contributed by atoms with Crippen molar-refractivity contribution < 1.29 is 29.6 Å². The van der Waals surface area contributed by atoms with E-state index in [0.29, 0.717) is 38.5 Å². The van der Waals surface area contributed by atoms with Gasteiger partial charge in [0.25, 0.3) is 0 Å². The lowest BCUT2D eigenvalue weighted by molar-refractivity contribution is -0.164. The van der Waals surface area contributed by atoms with Crippen LogP contribution in [0.25, 0.3) is 0 Å². The van der Waals surface area contributed by atoms with E-state index in [4.69, 9.17) is 4.74 Å². The van der Waals surface area contributed by atoms with E-state index in [9.17, 15) is 24.9 Å². The number of esters is 1. The second-order valence-electron chi connectivity index (χ2n) is 9.69. The van der Waals surface area contributed by atoms with Gasteiger partial charge >= 0.3 is 11.9 Å². The lowest BCUT2D eigenvalue weighted by atomic mass is 9.59. The summed E-state index contributed by atoms with van der Waals surface area (Å²) in [5.41, 5.74) is -3.27. The minimum Gasteiger partial charge on any atom is -0.481 e. The molecule has 0 amide bonds. The Morgan fingerprint density at radius 2 is 2.00 bits per heavy atom. The van der Waals surface area contributed by atoms with Crippen molar-refractivity contribution >= 4 is 11.9 Å². The fourth-order valence-electron chi connectivity index (χ4n) is 8.05. The van der Waals surface area contributed by atoms with Crippen LogP contribution in [0.15, 0.2) is 0 Å². The second-order valence-corrected chi connectivity index (χ2v) is 9.69. The number of carboxylic acids is 1. The van der Waals surface area contributed by atoms with E-state index in [0.717, 1.165) is 0 Å². The third-order valence-electron chi connectivity index (χ3n) is 9.00. The molecule has 5 fully saturated rings. The molecule has 0 aromatic rings. The molecular weight excluding hydrogens is 324 g/mol. The highest BCUT2D eigenvalue weighted by Gasteiger charge is 2.84. The third kappa shape index (κ3) is 1.45. The van der Waals surface area contributed by atoms with Crippen LogP contribution < -0.4 is 0 Å². The maximum Gasteiger partial charge on any atom is 0.315 e. The Hall–Kier alpha value is -1.14. The van der Waals surface area contributed by atoms with Gasteiger partial charge in [-0.2, -0.15) is 0 Å². The number of ether oxygens (including phenoxy) is 1. The van der Waals surface area contributed by atoms with E-state index < -0.39 is 51.9 Å². The maximum absolute atomic E-state index is 12.7. The number of rotatable bonds is 1. The topological polar surface area (TPSA) is 104 Å². The van der Waals surface area contributed by atoms with Gasteiger partial charge in [-0.05, 0) is 56.8 Å². The fourth-order valence-corrected chi connectivity index (χ4v) is 8.05. The van der Waals surface area contributed by atoms with Crippen LogP contribution in [0.5, 0.6) is 0 Å². The molecule has 0 aromatic heterocycles. The van der Waals surface area contributed by atoms with Crippen molar-refractivity contribution in [2.45, 2.75) is 69.7 Å². The summed E-state index contributed by atoms with van der Waals surface area (Å²) in [5.74, 6) is -2.59. The molecule has 1 aliphatic heterocycles. The Bertz CT molecular complexity index is 691. The zero-order valence-corrected chi connectivity index (χ0v) is 14.7. The molecule has 4 saturated carbocycles. The molecule has 6 heteroatoms. The Morgan fingerprint density at radius 3 is 2.68 bits per heavy atom. The average Bonchev–Trinajstić information content (AvgIpc) is 2.95. The van der Waals surface area contributed by atoms with Gasteiger partial charge in [0.1, 0.15) is 5.60 Å². The number of carbonyl (C=O) groups is 2. The Kier molecular flexibility index (Phi) is 2.71. The van der Waals surface area contributed by atoms with Gasteiger partial charge in [-0.3, -0.25) is 9.59 Å². The van der Waals surface area contributed by atoms with E-state index in [1.54, 1.807) is 6.92 Å². The van der Waals surface area contributed by atoms with Crippen molar-refractivity contribution in [2.24, 2.45) is 34.5 Å². The Labute approximate surface area is 146 Å². The number of carbonyl (C=O) groups excluding carboxylic acids is 1. The molecule has 5 aliphatic rings. The Morgan fingerprint density at radius 1 is 1.28 bits per heavy atom. The van der Waals surface area contributed by atoms with Gasteiger partial charge < -0.3 is 20.1 Å². The molecule has 138 valence electrons. The van der Waals surface area contributed by atoms with Crippen LogP contribution in [0.4, 0.5) is 0 Å². The first-order valence-electron chi connectivity index (χ1n) is 9.48. The highest BCUT2D eigenvalue weighted by molar-refractivity contribution is 5.85. The number of fused-ring (bicyclic) bond motifs is 1. The van der Waals surface area contributed by atoms with E-state index in [-0.39, 0.29) is 11.8 Å². The van der Waals surface area contributed by atoms with Crippen molar-refractivity contribution in [1.29, 1.82) is 0 Å². The number of aliphatic hydroxyl groups is 2. The van der Waals surface area contributed by atoms with Gasteiger partial charge in [-0.1, -0.05) is 6.92 Å². The summed E-state index contributed by atoms with van der Waals surface area (Å²) in [6.07, 6.45) is 2.61. The van der Waals surface area contributed by atoms with Crippen molar-refractivity contribution in [1.82, 2.24) is 0 Å². The van der Waals surface area contributed by atoms with Gasteiger partial charge in [0.2, 0.25) is 0 Å². The molecule has 6 nitrogen and oxygen atoms in total. The summed E-state index contributed by atoms with van der Waals surface area (Å²) >= 11 is 0. The highest BCUT2D eigenvalue weighted by atomic mass is 16.6. The predicted octanol–water partition coefficient (Wildman–Crippen LogP) is 1.33. The van der Waals surface area contributed by atoms with Crippen molar-refractivity contribution in [3.63, 3.8) is 0 Å². The van der Waals surface area contributed by atoms with Crippen LogP contribution >= 0.6 is 0 Å². The molecule has 0 aromatic carbocycles. The summed E-state index contributed by atoms with van der Waals surface area (Å²) in [6.45, 7) is 3.70. The molecule has 2 unspecified atom stereocenters. The molecule has 9 atom stereocenters. The van der Waals surface area contributed by atoms with Gasteiger partial charge in [-0.25, -0.2) is 0 Å². The second kappa shape index (κ2) is 4.22. The first-order valence-corrected chi connectivity index (χ1v) is 9.48.